The van der Waals surface area contributed by atoms with E-state index in [-0.39, 0.29) is 11.9 Å². The number of rotatable bonds is 6. The van der Waals surface area contributed by atoms with E-state index in [2.05, 4.69) is 25.9 Å². The van der Waals surface area contributed by atoms with Gasteiger partial charge in [-0.3, -0.25) is 9.48 Å². The minimum atomic E-state index is 0.00907. The summed E-state index contributed by atoms with van der Waals surface area (Å²) in [6, 6.07) is 3.86. The molecule has 0 aliphatic rings. The molecule has 0 fully saturated rings. The van der Waals surface area contributed by atoms with Gasteiger partial charge in [-0.05, 0) is 38.8 Å². The van der Waals surface area contributed by atoms with Gasteiger partial charge in [-0.1, -0.05) is 13.8 Å². The monoisotopic (exact) mass is 303 g/mol. The third-order valence-electron chi connectivity index (χ3n) is 4.26. The molecule has 120 valence electrons. The first kappa shape index (κ1) is 16.3. The van der Waals surface area contributed by atoms with Crippen molar-refractivity contribution < 1.29 is 9.21 Å². The smallest absolute Gasteiger partial charge is 0.257 e. The predicted octanol–water partition coefficient (Wildman–Crippen LogP) is 3.49. The maximum absolute atomic E-state index is 13.0. The molecule has 0 saturated carbocycles. The summed E-state index contributed by atoms with van der Waals surface area (Å²) in [5.41, 5.74) is 1.58. The van der Waals surface area contributed by atoms with E-state index in [1.165, 1.54) is 0 Å². The molecule has 2 rings (SSSR count). The SMILES string of the molecule is CCn1ncc(C(=O)N(Cc2ccco2)C(C)C(C)C)c1C. The average Bonchev–Trinajstić information content (AvgIpc) is 3.12. The predicted molar refractivity (Wildman–Crippen MR) is 85.5 cm³/mol. The average molecular weight is 303 g/mol. The first-order valence-electron chi connectivity index (χ1n) is 7.81. The molecule has 0 aliphatic carbocycles. The summed E-state index contributed by atoms with van der Waals surface area (Å²) < 4.78 is 7.27. The second-order valence-electron chi connectivity index (χ2n) is 5.96. The van der Waals surface area contributed by atoms with Crippen LogP contribution in [-0.2, 0) is 13.1 Å². The molecule has 2 aromatic rings. The Balaban J connectivity index is 2.30. The van der Waals surface area contributed by atoms with Gasteiger partial charge in [0.2, 0.25) is 0 Å². The van der Waals surface area contributed by atoms with E-state index >= 15 is 0 Å². The van der Waals surface area contributed by atoms with Crippen LogP contribution in [0.2, 0.25) is 0 Å². The zero-order chi connectivity index (χ0) is 16.3. The van der Waals surface area contributed by atoms with Crippen molar-refractivity contribution >= 4 is 5.91 Å². The van der Waals surface area contributed by atoms with Crippen molar-refractivity contribution in [1.29, 1.82) is 0 Å². The van der Waals surface area contributed by atoms with Crippen LogP contribution in [0, 0.1) is 12.8 Å². The fraction of sp³-hybridized carbons (Fsp3) is 0.529. The summed E-state index contributed by atoms with van der Waals surface area (Å²) in [5, 5.41) is 4.28. The zero-order valence-corrected chi connectivity index (χ0v) is 14.0. The number of furan rings is 1. The Morgan fingerprint density at radius 3 is 2.64 bits per heavy atom. The van der Waals surface area contributed by atoms with Crippen molar-refractivity contribution in [1.82, 2.24) is 14.7 Å². The fourth-order valence-corrected chi connectivity index (χ4v) is 2.46. The van der Waals surface area contributed by atoms with Gasteiger partial charge >= 0.3 is 0 Å². The largest absolute Gasteiger partial charge is 0.467 e. The molecule has 2 aromatic heterocycles. The summed E-state index contributed by atoms with van der Waals surface area (Å²) in [6.45, 7) is 11.5. The molecule has 2 heterocycles. The Labute approximate surface area is 131 Å². The van der Waals surface area contributed by atoms with Crippen molar-refractivity contribution in [2.24, 2.45) is 5.92 Å². The number of aromatic nitrogens is 2. The molecule has 0 radical (unpaired) electrons. The van der Waals surface area contributed by atoms with Crippen LogP contribution in [0.4, 0.5) is 0 Å². The van der Waals surface area contributed by atoms with Gasteiger partial charge in [0.15, 0.2) is 0 Å². The highest BCUT2D eigenvalue weighted by Crippen LogP contribution is 2.20. The second kappa shape index (κ2) is 6.81. The van der Waals surface area contributed by atoms with Crippen LogP contribution in [0.1, 0.15) is 49.5 Å². The van der Waals surface area contributed by atoms with Crippen LogP contribution in [0.3, 0.4) is 0 Å². The number of carbonyl (C=O) groups excluding carboxylic acids is 1. The van der Waals surface area contributed by atoms with Gasteiger partial charge in [-0.2, -0.15) is 5.10 Å². The Bertz CT molecular complexity index is 614. The highest BCUT2D eigenvalue weighted by Gasteiger charge is 2.27. The Morgan fingerprint density at radius 2 is 2.14 bits per heavy atom. The molecule has 5 heteroatoms. The minimum Gasteiger partial charge on any atom is -0.467 e. The molecule has 5 nitrogen and oxygen atoms in total. The lowest BCUT2D eigenvalue weighted by molar-refractivity contribution is 0.0610. The molecular formula is C17H25N3O2. The number of aryl methyl sites for hydroxylation is 1. The first-order valence-corrected chi connectivity index (χ1v) is 7.81. The molecular weight excluding hydrogens is 278 g/mol. The van der Waals surface area contributed by atoms with E-state index in [0.29, 0.717) is 18.0 Å². The number of hydrogen-bond donors (Lipinski definition) is 0. The van der Waals surface area contributed by atoms with E-state index in [1.807, 2.05) is 35.6 Å². The van der Waals surface area contributed by atoms with Crippen LogP contribution in [0.5, 0.6) is 0 Å². The third-order valence-corrected chi connectivity index (χ3v) is 4.26. The molecule has 1 atom stereocenters. The van der Waals surface area contributed by atoms with Gasteiger partial charge in [-0.15, -0.1) is 0 Å². The van der Waals surface area contributed by atoms with Crippen LogP contribution in [-0.4, -0.2) is 26.6 Å². The highest BCUT2D eigenvalue weighted by molar-refractivity contribution is 5.95. The van der Waals surface area contributed by atoms with Gasteiger partial charge in [0.1, 0.15) is 5.76 Å². The molecule has 22 heavy (non-hydrogen) atoms. The number of amides is 1. The van der Waals surface area contributed by atoms with E-state index in [0.717, 1.165) is 18.0 Å². The van der Waals surface area contributed by atoms with Crippen LogP contribution >= 0.6 is 0 Å². The zero-order valence-electron chi connectivity index (χ0n) is 14.0. The second-order valence-corrected chi connectivity index (χ2v) is 5.96. The van der Waals surface area contributed by atoms with Gasteiger partial charge in [-0.25, -0.2) is 0 Å². The normalized spacial score (nSPS) is 12.6. The summed E-state index contributed by atoms with van der Waals surface area (Å²) in [7, 11) is 0. The molecule has 1 unspecified atom stereocenters. The van der Waals surface area contributed by atoms with Crippen LogP contribution < -0.4 is 0 Å². The van der Waals surface area contributed by atoms with E-state index in [4.69, 9.17) is 4.42 Å². The molecule has 0 aliphatic heterocycles. The van der Waals surface area contributed by atoms with E-state index in [1.54, 1.807) is 12.5 Å². The number of nitrogens with zero attached hydrogens (tertiary/aromatic N) is 3. The molecule has 0 spiro atoms. The lowest BCUT2D eigenvalue weighted by Crippen LogP contribution is -2.41. The summed E-state index contributed by atoms with van der Waals surface area (Å²) in [5.74, 6) is 1.16. The summed E-state index contributed by atoms with van der Waals surface area (Å²) in [6.07, 6.45) is 3.31. The first-order chi connectivity index (χ1) is 10.5. The van der Waals surface area contributed by atoms with Crippen molar-refractivity contribution in [3.05, 3.63) is 41.6 Å². The molecule has 0 aromatic carbocycles. The Kier molecular flexibility index (Phi) is 5.06. The molecule has 0 saturated heterocycles. The third kappa shape index (κ3) is 3.24. The van der Waals surface area contributed by atoms with E-state index < -0.39 is 0 Å². The standard InChI is InChI=1S/C17H25N3O2/c1-6-20-14(5)16(10-18-20)17(21)19(13(4)12(2)3)11-15-8-7-9-22-15/h7-10,12-13H,6,11H2,1-5H3. The van der Waals surface area contributed by atoms with Gasteiger partial charge in [0.25, 0.3) is 5.91 Å². The minimum absolute atomic E-state index is 0.00907. The van der Waals surface area contributed by atoms with Crippen molar-refractivity contribution in [2.45, 2.75) is 53.8 Å². The van der Waals surface area contributed by atoms with E-state index in [9.17, 15) is 4.79 Å². The Morgan fingerprint density at radius 1 is 1.41 bits per heavy atom. The Hall–Kier alpha value is -2.04. The number of carbonyl (C=O) groups is 1. The van der Waals surface area contributed by atoms with Gasteiger partial charge in [0, 0.05) is 18.3 Å². The van der Waals surface area contributed by atoms with Crippen molar-refractivity contribution in [3.8, 4) is 0 Å². The molecule has 0 bridgehead atoms. The maximum Gasteiger partial charge on any atom is 0.257 e. The van der Waals surface area contributed by atoms with Crippen LogP contribution in [0.15, 0.2) is 29.0 Å². The van der Waals surface area contributed by atoms with Crippen molar-refractivity contribution in [2.75, 3.05) is 0 Å². The highest BCUT2D eigenvalue weighted by atomic mass is 16.3. The lowest BCUT2D eigenvalue weighted by atomic mass is 10.0. The quantitative estimate of drug-likeness (QED) is 0.821. The topological polar surface area (TPSA) is 51.3 Å². The summed E-state index contributed by atoms with van der Waals surface area (Å²) in [4.78, 5) is 14.9. The van der Waals surface area contributed by atoms with Crippen LogP contribution in [0.25, 0.3) is 0 Å². The van der Waals surface area contributed by atoms with Gasteiger partial charge in [0.05, 0.1) is 24.6 Å². The summed E-state index contributed by atoms with van der Waals surface area (Å²) >= 11 is 0. The fourth-order valence-electron chi connectivity index (χ4n) is 2.46. The van der Waals surface area contributed by atoms with Gasteiger partial charge < -0.3 is 9.32 Å². The number of hydrogen-bond acceptors (Lipinski definition) is 3. The molecule has 1 amide bonds. The maximum atomic E-state index is 13.0. The van der Waals surface area contributed by atoms with Crippen molar-refractivity contribution in [3.63, 3.8) is 0 Å². The molecule has 0 N–H and O–H groups in total. The lowest BCUT2D eigenvalue weighted by Gasteiger charge is -2.31.